The summed E-state index contributed by atoms with van der Waals surface area (Å²) in [7, 11) is 0. The summed E-state index contributed by atoms with van der Waals surface area (Å²) in [5, 5.41) is 0. The lowest BCUT2D eigenvalue weighted by Gasteiger charge is -2.24. The van der Waals surface area contributed by atoms with Gasteiger partial charge < -0.3 is 4.74 Å². The van der Waals surface area contributed by atoms with Gasteiger partial charge in [-0.2, -0.15) is 0 Å². The number of hydrogen-bond acceptors (Lipinski definition) is 2. The summed E-state index contributed by atoms with van der Waals surface area (Å²) in [6.45, 7) is 6.55. The van der Waals surface area contributed by atoms with E-state index < -0.39 is 0 Å². The van der Waals surface area contributed by atoms with Crippen LogP contribution in [0, 0.1) is 23.7 Å². The van der Waals surface area contributed by atoms with E-state index >= 15 is 0 Å². The van der Waals surface area contributed by atoms with Gasteiger partial charge >= 0.3 is 5.97 Å². The fourth-order valence-electron chi connectivity index (χ4n) is 3.22. The van der Waals surface area contributed by atoms with Gasteiger partial charge in [0.15, 0.2) is 0 Å². The lowest BCUT2D eigenvalue weighted by molar-refractivity contribution is -0.149. The van der Waals surface area contributed by atoms with Crippen molar-refractivity contribution < 1.29 is 9.53 Å². The summed E-state index contributed by atoms with van der Waals surface area (Å²) < 4.78 is 5.37. The number of fused-ring (bicyclic) bond motifs is 2. The molecule has 0 amide bonds. The molecule has 3 atom stereocenters. The number of carbonyl (C=O) groups is 1. The van der Waals surface area contributed by atoms with E-state index in [9.17, 15) is 4.79 Å². The fraction of sp³-hybridized carbons (Fsp3) is 0.786. The van der Waals surface area contributed by atoms with Crippen molar-refractivity contribution in [2.24, 2.45) is 23.7 Å². The Kier molecular flexibility index (Phi) is 3.36. The van der Waals surface area contributed by atoms with E-state index in [-0.39, 0.29) is 11.9 Å². The first-order chi connectivity index (χ1) is 7.61. The van der Waals surface area contributed by atoms with E-state index in [2.05, 4.69) is 13.0 Å². The summed E-state index contributed by atoms with van der Waals surface area (Å²) >= 11 is 0. The van der Waals surface area contributed by atoms with Crippen LogP contribution in [0.4, 0.5) is 0 Å². The smallest absolute Gasteiger partial charge is 0.308 e. The predicted molar refractivity (Wildman–Crippen MR) is 63.9 cm³/mol. The molecule has 0 saturated heterocycles. The molecule has 0 aliphatic heterocycles. The predicted octanol–water partition coefficient (Wildman–Crippen LogP) is 3.18. The van der Waals surface area contributed by atoms with Gasteiger partial charge in [0.2, 0.25) is 0 Å². The molecular weight excluding hydrogens is 200 g/mol. The Hall–Kier alpha value is -0.790. The van der Waals surface area contributed by atoms with Crippen molar-refractivity contribution in [2.45, 2.75) is 40.0 Å². The topological polar surface area (TPSA) is 26.3 Å². The van der Waals surface area contributed by atoms with Gasteiger partial charge in [0, 0.05) is 0 Å². The Morgan fingerprint density at radius 3 is 2.81 bits per heavy atom. The maximum absolute atomic E-state index is 11.4. The van der Waals surface area contributed by atoms with Gasteiger partial charge in [-0.1, -0.05) is 25.5 Å². The number of rotatable bonds is 3. The molecule has 0 N–H and O–H groups in total. The first-order valence-electron chi connectivity index (χ1n) is 6.43. The fourth-order valence-corrected chi connectivity index (χ4v) is 3.22. The Labute approximate surface area is 98.1 Å². The number of hydrogen-bond donors (Lipinski definition) is 0. The molecule has 0 radical (unpaired) electrons. The van der Waals surface area contributed by atoms with Crippen LogP contribution in [0.25, 0.3) is 0 Å². The lowest BCUT2D eigenvalue weighted by Crippen LogP contribution is -2.22. The highest BCUT2D eigenvalue weighted by Gasteiger charge is 2.42. The van der Waals surface area contributed by atoms with E-state index in [4.69, 9.17) is 4.74 Å². The normalized spacial score (nSPS) is 35.0. The van der Waals surface area contributed by atoms with Gasteiger partial charge in [-0.15, -0.1) is 0 Å². The van der Waals surface area contributed by atoms with E-state index in [0.717, 1.165) is 5.92 Å². The van der Waals surface area contributed by atoms with Gasteiger partial charge in [0.1, 0.15) is 0 Å². The molecule has 0 spiro atoms. The van der Waals surface area contributed by atoms with Crippen molar-refractivity contribution in [3.63, 3.8) is 0 Å². The third-order valence-electron chi connectivity index (χ3n) is 4.07. The lowest BCUT2D eigenvalue weighted by atomic mass is 9.85. The van der Waals surface area contributed by atoms with Gasteiger partial charge in [-0.25, -0.2) is 0 Å². The molecule has 2 saturated carbocycles. The summed E-state index contributed by atoms with van der Waals surface area (Å²) in [6.07, 6.45) is 6.13. The molecule has 0 aromatic heterocycles. The highest BCUT2D eigenvalue weighted by Crippen LogP contribution is 2.51. The average Bonchev–Trinajstić information content (AvgIpc) is 2.84. The zero-order valence-corrected chi connectivity index (χ0v) is 10.5. The van der Waals surface area contributed by atoms with Gasteiger partial charge in [-0.05, 0) is 43.9 Å². The quantitative estimate of drug-likeness (QED) is 0.541. The molecule has 16 heavy (non-hydrogen) atoms. The Bertz CT molecular complexity index is 304. The largest absolute Gasteiger partial charge is 0.465 e. The van der Waals surface area contributed by atoms with Crippen LogP contribution in [0.2, 0.25) is 0 Å². The standard InChI is InChI=1S/C14H22O2/c1-4-11-5-10-6-12(13(11)7-10)8-16-14(15)9(2)3/h4,9-10,12-13H,5-8H2,1-3H3. The summed E-state index contributed by atoms with van der Waals surface area (Å²) in [4.78, 5) is 11.4. The summed E-state index contributed by atoms with van der Waals surface area (Å²) in [5.74, 6) is 2.10. The molecule has 0 aromatic carbocycles. The van der Waals surface area contributed by atoms with Crippen LogP contribution < -0.4 is 0 Å². The summed E-state index contributed by atoms with van der Waals surface area (Å²) in [5.41, 5.74) is 1.60. The van der Waals surface area contributed by atoms with Crippen molar-refractivity contribution in [3.05, 3.63) is 11.6 Å². The van der Waals surface area contributed by atoms with Crippen LogP contribution in [0.3, 0.4) is 0 Å². The van der Waals surface area contributed by atoms with Crippen LogP contribution in [0.15, 0.2) is 11.6 Å². The van der Waals surface area contributed by atoms with Crippen LogP contribution in [-0.4, -0.2) is 12.6 Å². The minimum atomic E-state index is -0.0511. The number of carbonyl (C=O) groups excluding carboxylic acids is 1. The van der Waals surface area contributed by atoms with E-state index in [1.807, 2.05) is 13.8 Å². The summed E-state index contributed by atoms with van der Waals surface area (Å²) in [6, 6.07) is 0. The maximum atomic E-state index is 11.4. The van der Waals surface area contributed by atoms with Gasteiger partial charge in [-0.3, -0.25) is 4.79 Å². The van der Waals surface area contributed by atoms with Gasteiger partial charge in [0.05, 0.1) is 12.5 Å². The molecule has 2 bridgehead atoms. The van der Waals surface area contributed by atoms with Crippen molar-refractivity contribution in [2.75, 3.05) is 6.61 Å². The molecule has 0 heterocycles. The van der Waals surface area contributed by atoms with Crippen LogP contribution >= 0.6 is 0 Å². The molecule has 3 unspecified atom stereocenters. The van der Waals surface area contributed by atoms with Crippen molar-refractivity contribution >= 4 is 5.97 Å². The molecule has 2 fully saturated rings. The first-order valence-corrected chi connectivity index (χ1v) is 6.43. The number of esters is 1. The van der Waals surface area contributed by atoms with Crippen LogP contribution in [-0.2, 0) is 9.53 Å². The highest BCUT2D eigenvalue weighted by molar-refractivity contribution is 5.71. The van der Waals surface area contributed by atoms with E-state index in [1.54, 1.807) is 5.57 Å². The zero-order chi connectivity index (χ0) is 11.7. The molecule has 2 nitrogen and oxygen atoms in total. The SMILES string of the molecule is CC=C1CC2CC(COC(=O)C(C)C)C1C2. The Morgan fingerprint density at radius 1 is 1.50 bits per heavy atom. The van der Waals surface area contributed by atoms with E-state index in [0.29, 0.717) is 18.4 Å². The third kappa shape index (κ3) is 2.16. The monoisotopic (exact) mass is 222 g/mol. The third-order valence-corrected chi connectivity index (χ3v) is 4.07. The minimum absolute atomic E-state index is 0.000205. The van der Waals surface area contributed by atoms with Crippen molar-refractivity contribution in [3.8, 4) is 0 Å². The molecule has 2 heteroatoms. The van der Waals surface area contributed by atoms with Crippen molar-refractivity contribution in [1.29, 1.82) is 0 Å². The molecule has 2 aliphatic rings. The Balaban J connectivity index is 1.86. The molecule has 0 aromatic rings. The molecule has 90 valence electrons. The molecule has 2 rings (SSSR count). The molecular formula is C14H22O2. The van der Waals surface area contributed by atoms with Crippen LogP contribution in [0.5, 0.6) is 0 Å². The molecule has 2 aliphatic carbocycles. The van der Waals surface area contributed by atoms with Crippen molar-refractivity contribution in [1.82, 2.24) is 0 Å². The first kappa shape index (κ1) is 11.7. The average molecular weight is 222 g/mol. The van der Waals surface area contributed by atoms with Crippen LogP contribution in [0.1, 0.15) is 40.0 Å². The second kappa shape index (κ2) is 4.60. The highest BCUT2D eigenvalue weighted by atomic mass is 16.5. The second-order valence-corrected chi connectivity index (χ2v) is 5.56. The second-order valence-electron chi connectivity index (χ2n) is 5.56. The maximum Gasteiger partial charge on any atom is 0.308 e. The minimum Gasteiger partial charge on any atom is -0.465 e. The number of allylic oxidation sites excluding steroid dienone is 2. The van der Waals surface area contributed by atoms with Gasteiger partial charge in [0.25, 0.3) is 0 Å². The Morgan fingerprint density at radius 2 is 2.25 bits per heavy atom. The van der Waals surface area contributed by atoms with E-state index in [1.165, 1.54) is 19.3 Å². The number of ether oxygens (including phenoxy) is 1. The zero-order valence-electron chi connectivity index (χ0n) is 10.5.